The molecule has 0 radical (unpaired) electrons. The Hall–Kier alpha value is -2.61. The number of rotatable bonds is 6. The normalized spacial score (nSPS) is 11.7. The van der Waals surface area contributed by atoms with Crippen LogP contribution in [0.1, 0.15) is 33.4 Å². The quantitative estimate of drug-likeness (QED) is 0.498. The Morgan fingerprint density at radius 2 is 2.13 bits per heavy atom. The first-order chi connectivity index (χ1) is 10.9. The van der Waals surface area contributed by atoms with Gasteiger partial charge in [-0.3, -0.25) is 19.7 Å². The van der Waals surface area contributed by atoms with Crippen molar-refractivity contribution in [3.63, 3.8) is 0 Å². The van der Waals surface area contributed by atoms with Crippen molar-refractivity contribution in [3.05, 3.63) is 62.1 Å². The molecule has 1 N–H and O–H groups in total. The van der Waals surface area contributed by atoms with E-state index in [1.165, 1.54) is 11.3 Å². The zero-order chi connectivity index (χ0) is 17.0. The number of amides is 1. The lowest BCUT2D eigenvalue weighted by molar-refractivity contribution is -0.385. The highest BCUT2D eigenvalue weighted by Crippen LogP contribution is 2.20. The number of thiophene rings is 1. The van der Waals surface area contributed by atoms with Gasteiger partial charge in [-0.25, -0.2) is 4.39 Å². The van der Waals surface area contributed by atoms with Crippen LogP contribution in [0.25, 0.3) is 0 Å². The molecule has 0 aliphatic heterocycles. The highest BCUT2D eigenvalue weighted by Gasteiger charge is 2.23. The third-order valence-electron chi connectivity index (χ3n) is 3.07. The first kappa shape index (κ1) is 16.8. The molecule has 1 heterocycles. The number of hydrogen-bond donors (Lipinski definition) is 1. The van der Waals surface area contributed by atoms with Gasteiger partial charge >= 0.3 is 0 Å². The van der Waals surface area contributed by atoms with Gasteiger partial charge < -0.3 is 5.32 Å². The number of nitro groups is 1. The molecule has 23 heavy (non-hydrogen) atoms. The van der Waals surface area contributed by atoms with Gasteiger partial charge in [-0.1, -0.05) is 6.07 Å². The van der Waals surface area contributed by atoms with Crippen LogP contribution in [0.5, 0.6) is 0 Å². The molecular formula is C15H13FN2O4S. The molecule has 0 aliphatic carbocycles. The van der Waals surface area contributed by atoms with Crippen molar-refractivity contribution < 1.29 is 18.9 Å². The molecule has 1 atom stereocenters. The summed E-state index contributed by atoms with van der Waals surface area (Å²) in [5, 5.41) is 15.2. The smallest absolute Gasteiger partial charge is 0.285 e. The van der Waals surface area contributed by atoms with Crippen molar-refractivity contribution in [2.45, 2.75) is 19.4 Å². The Balaban J connectivity index is 2.07. The second-order valence-electron chi connectivity index (χ2n) is 4.90. The first-order valence-corrected chi connectivity index (χ1v) is 7.58. The van der Waals surface area contributed by atoms with Crippen LogP contribution in [0.4, 0.5) is 10.1 Å². The highest BCUT2D eigenvalue weighted by atomic mass is 32.1. The summed E-state index contributed by atoms with van der Waals surface area (Å²) in [5.41, 5.74) is -0.855. The number of nitrogens with zero attached hydrogens (tertiary/aromatic N) is 1. The predicted octanol–water partition coefficient (Wildman–Crippen LogP) is 3.19. The molecule has 1 aromatic carbocycles. The van der Waals surface area contributed by atoms with E-state index < -0.39 is 28.4 Å². The van der Waals surface area contributed by atoms with Crippen LogP contribution in [0.15, 0.2) is 35.7 Å². The third-order valence-corrected chi connectivity index (χ3v) is 3.98. The molecule has 0 unspecified atom stereocenters. The van der Waals surface area contributed by atoms with Crippen LogP contribution >= 0.6 is 11.3 Å². The van der Waals surface area contributed by atoms with Crippen LogP contribution in [0, 0.1) is 15.9 Å². The van der Waals surface area contributed by atoms with Crippen molar-refractivity contribution in [2.75, 3.05) is 0 Å². The first-order valence-electron chi connectivity index (χ1n) is 6.70. The SMILES string of the molecule is C[C@H](CC(=O)c1cccs1)NC(=O)c1ccc(F)cc1[N+](=O)[O-]. The molecule has 0 fully saturated rings. The number of carbonyl (C=O) groups is 2. The van der Waals surface area contributed by atoms with Gasteiger partial charge in [0.1, 0.15) is 11.4 Å². The van der Waals surface area contributed by atoms with Gasteiger partial charge in [-0.05, 0) is 30.5 Å². The van der Waals surface area contributed by atoms with Crippen molar-refractivity contribution in [2.24, 2.45) is 0 Å². The molecule has 0 saturated carbocycles. The fraction of sp³-hybridized carbons (Fsp3) is 0.200. The summed E-state index contributed by atoms with van der Waals surface area (Å²) in [7, 11) is 0. The summed E-state index contributed by atoms with van der Waals surface area (Å²) < 4.78 is 13.1. The summed E-state index contributed by atoms with van der Waals surface area (Å²) in [6.07, 6.45) is 0.0707. The fourth-order valence-corrected chi connectivity index (χ4v) is 2.69. The molecule has 0 aliphatic rings. The lowest BCUT2D eigenvalue weighted by atomic mass is 10.1. The molecule has 0 spiro atoms. The van der Waals surface area contributed by atoms with Crippen molar-refractivity contribution in [3.8, 4) is 0 Å². The number of carbonyl (C=O) groups excluding carboxylic acids is 2. The summed E-state index contributed by atoms with van der Waals surface area (Å²) in [5.74, 6) is -1.64. The Morgan fingerprint density at radius 3 is 2.74 bits per heavy atom. The van der Waals surface area contributed by atoms with Gasteiger partial charge in [0.05, 0.1) is 15.9 Å². The van der Waals surface area contributed by atoms with E-state index in [1.807, 2.05) is 0 Å². The maximum atomic E-state index is 13.1. The standard InChI is InChI=1S/C15H13FN2O4S/c1-9(7-13(19)14-3-2-6-23-14)17-15(20)11-5-4-10(16)8-12(11)18(21)22/h2-6,8-9H,7H2,1H3,(H,17,20)/t9-/m1/s1. The second-order valence-corrected chi connectivity index (χ2v) is 5.85. The van der Waals surface area contributed by atoms with E-state index in [1.54, 1.807) is 24.4 Å². The van der Waals surface area contributed by atoms with E-state index in [0.29, 0.717) is 10.9 Å². The molecule has 2 aromatic rings. The summed E-state index contributed by atoms with van der Waals surface area (Å²) >= 11 is 1.30. The number of ketones is 1. The lowest BCUT2D eigenvalue weighted by Gasteiger charge is -2.13. The van der Waals surface area contributed by atoms with Crippen molar-refractivity contribution in [1.29, 1.82) is 0 Å². The van der Waals surface area contributed by atoms with E-state index in [0.717, 1.165) is 12.1 Å². The number of nitro benzene ring substituents is 1. The van der Waals surface area contributed by atoms with E-state index in [2.05, 4.69) is 5.32 Å². The minimum absolute atomic E-state index is 0.0707. The molecule has 1 aromatic heterocycles. The van der Waals surface area contributed by atoms with E-state index >= 15 is 0 Å². The van der Waals surface area contributed by atoms with E-state index in [9.17, 15) is 24.1 Å². The molecule has 0 saturated heterocycles. The van der Waals surface area contributed by atoms with Gasteiger partial charge in [0.15, 0.2) is 5.78 Å². The Labute approximate surface area is 135 Å². The number of hydrogen-bond acceptors (Lipinski definition) is 5. The van der Waals surface area contributed by atoms with E-state index in [-0.39, 0.29) is 17.8 Å². The maximum absolute atomic E-state index is 13.1. The minimum atomic E-state index is -0.820. The number of halogens is 1. The van der Waals surface area contributed by atoms with Gasteiger partial charge in [0, 0.05) is 12.5 Å². The van der Waals surface area contributed by atoms with Crippen molar-refractivity contribution in [1.82, 2.24) is 5.32 Å². The van der Waals surface area contributed by atoms with E-state index in [4.69, 9.17) is 0 Å². The fourth-order valence-electron chi connectivity index (χ4n) is 2.02. The predicted molar refractivity (Wildman–Crippen MR) is 83.2 cm³/mol. The van der Waals surface area contributed by atoms with Crippen molar-refractivity contribution >= 4 is 28.7 Å². The Kier molecular flexibility index (Phi) is 5.17. The average molecular weight is 336 g/mol. The second kappa shape index (κ2) is 7.10. The van der Waals surface area contributed by atoms with Crippen LogP contribution in [0.3, 0.4) is 0 Å². The van der Waals surface area contributed by atoms with Gasteiger partial charge in [0.25, 0.3) is 11.6 Å². The number of benzene rings is 1. The molecule has 120 valence electrons. The number of nitrogens with one attached hydrogen (secondary N) is 1. The van der Waals surface area contributed by atoms with Crippen LogP contribution in [0.2, 0.25) is 0 Å². The third kappa shape index (κ3) is 4.19. The molecule has 8 heteroatoms. The molecular weight excluding hydrogens is 323 g/mol. The minimum Gasteiger partial charge on any atom is -0.349 e. The summed E-state index contributed by atoms with van der Waals surface area (Å²) in [4.78, 5) is 34.7. The summed E-state index contributed by atoms with van der Waals surface area (Å²) in [6, 6.07) is 5.65. The van der Waals surface area contributed by atoms with Crippen LogP contribution in [-0.4, -0.2) is 22.7 Å². The van der Waals surface area contributed by atoms with Crippen LogP contribution in [-0.2, 0) is 0 Å². The molecule has 0 bridgehead atoms. The molecule has 6 nitrogen and oxygen atoms in total. The zero-order valence-corrected chi connectivity index (χ0v) is 12.9. The largest absolute Gasteiger partial charge is 0.349 e. The molecule has 1 amide bonds. The van der Waals surface area contributed by atoms with Gasteiger partial charge in [-0.15, -0.1) is 11.3 Å². The lowest BCUT2D eigenvalue weighted by Crippen LogP contribution is -2.34. The Morgan fingerprint density at radius 1 is 1.39 bits per heavy atom. The van der Waals surface area contributed by atoms with Crippen LogP contribution < -0.4 is 5.32 Å². The number of Topliss-reactive ketones (excluding diaryl/α,β-unsaturated/α-hetero) is 1. The molecule has 2 rings (SSSR count). The maximum Gasteiger partial charge on any atom is 0.285 e. The summed E-state index contributed by atoms with van der Waals surface area (Å²) in [6.45, 7) is 1.62. The monoisotopic (exact) mass is 336 g/mol. The topological polar surface area (TPSA) is 89.3 Å². The Bertz CT molecular complexity index is 746. The van der Waals surface area contributed by atoms with Gasteiger partial charge in [0.2, 0.25) is 0 Å². The highest BCUT2D eigenvalue weighted by molar-refractivity contribution is 7.12. The van der Waals surface area contributed by atoms with Gasteiger partial charge in [-0.2, -0.15) is 0 Å². The zero-order valence-electron chi connectivity index (χ0n) is 12.1. The average Bonchev–Trinajstić information content (AvgIpc) is 3.00.